The molecule has 0 radical (unpaired) electrons. The number of carbonyl (C=O) groups excluding carboxylic acids is 1. The van der Waals surface area contributed by atoms with Gasteiger partial charge in [0, 0.05) is 13.0 Å². The summed E-state index contributed by atoms with van der Waals surface area (Å²) in [5, 5.41) is 5.06. The van der Waals surface area contributed by atoms with Crippen molar-refractivity contribution in [3.8, 4) is 0 Å². The van der Waals surface area contributed by atoms with Crippen LogP contribution in [0.2, 0.25) is 0 Å². The molecule has 6 heteroatoms. The molecule has 2 N–H and O–H groups in total. The molecule has 1 amide bonds. The van der Waals surface area contributed by atoms with Crippen molar-refractivity contribution in [1.29, 1.82) is 0 Å². The summed E-state index contributed by atoms with van der Waals surface area (Å²) in [5.74, 6) is 0.324. The number of carbonyl (C=O) groups is 1. The SMILES string of the molecule is C[C@H](c1ccc(S(N)(=O)=O)cc1)N(C)C(=O)C1CCC1. The van der Waals surface area contributed by atoms with Gasteiger partial charge in [0.05, 0.1) is 10.9 Å². The van der Waals surface area contributed by atoms with Gasteiger partial charge in [-0.1, -0.05) is 18.6 Å². The predicted octanol–water partition coefficient (Wildman–Crippen LogP) is 1.65. The maximum Gasteiger partial charge on any atom is 0.238 e. The molecular formula is C14H20N2O3S. The van der Waals surface area contributed by atoms with Crippen LogP contribution in [0, 0.1) is 5.92 Å². The third-order valence-corrected chi connectivity index (χ3v) is 5.00. The molecule has 0 aliphatic heterocycles. The van der Waals surface area contributed by atoms with Crippen LogP contribution in [0.15, 0.2) is 29.2 Å². The third-order valence-electron chi connectivity index (χ3n) is 4.07. The lowest BCUT2D eigenvalue weighted by Crippen LogP contribution is -2.37. The van der Waals surface area contributed by atoms with E-state index in [-0.39, 0.29) is 22.8 Å². The van der Waals surface area contributed by atoms with E-state index in [1.54, 1.807) is 24.1 Å². The minimum absolute atomic E-state index is 0.0847. The first-order valence-electron chi connectivity index (χ1n) is 6.70. The van der Waals surface area contributed by atoms with Gasteiger partial charge in [-0.3, -0.25) is 4.79 Å². The topological polar surface area (TPSA) is 80.5 Å². The Morgan fingerprint density at radius 3 is 2.25 bits per heavy atom. The third kappa shape index (κ3) is 3.02. The summed E-state index contributed by atoms with van der Waals surface area (Å²) in [6.45, 7) is 1.93. The molecule has 5 nitrogen and oxygen atoms in total. The number of benzene rings is 1. The van der Waals surface area contributed by atoms with Gasteiger partial charge in [0.15, 0.2) is 0 Å². The molecule has 0 saturated heterocycles. The fourth-order valence-electron chi connectivity index (χ4n) is 2.29. The Kier molecular flexibility index (Phi) is 4.15. The molecule has 1 aromatic carbocycles. The van der Waals surface area contributed by atoms with Gasteiger partial charge in [-0.25, -0.2) is 13.6 Å². The van der Waals surface area contributed by atoms with Crippen LogP contribution in [0.4, 0.5) is 0 Å². The largest absolute Gasteiger partial charge is 0.339 e. The smallest absolute Gasteiger partial charge is 0.238 e. The maximum atomic E-state index is 12.2. The Balaban J connectivity index is 2.12. The van der Waals surface area contributed by atoms with Crippen LogP contribution < -0.4 is 5.14 Å². The molecule has 0 bridgehead atoms. The Morgan fingerprint density at radius 2 is 1.85 bits per heavy atom. The zero-order chi connectivity index (χ0) is 14.9. The first-order valence-corrected chi connectivity index (χ1v) is 8.25. The van der Waals surface area contributed by atoms with Crippen LogP contribution in [0.25, 0.3) is 0 Å². The van der Waals surface area contributed by atoms with Crippen LogP contribution >= 0.6 is 0 Å². The number of primary sulfonamides is 1. The first kappa shape index (κ1) is 15.0. The van der Waals surface area contributed by atoms with E-state index < -0.39 is 10.0 Å². The summed E-state index contributed by atoms with van der Waals surface area (Å²) < 4.78 is 22.4. The summed E-state index contributed by atoms with van der Waals surface area (Å²) in [4.78, 5) is 14.0. The lowest BCUT2D eigenvalue weighted by atomic mass is 9.84. The number of rotatable bonds is 4. The molecule has 20 heavy (non-hydrogen) atoms. The molecule has 1 fully saturated rings. The molecule has 0 heterocycles. The second-order valence-corrected chi connectivity index (χ2v) is 6.93. The van der Waals surface area contributed by atoms with E-state index in [0.717, 1.165) is 24.8 Å². The van der Waals surface area contributed by atoms with E-state index in [9.17, 15) is 13.2 Å². The van der Waals surface area contributed by atoms with Gasteiger partial charge in [0.2, 0.25) is 15.9 Å². The zero-order valence-electron chi connectivity index (χ0n) is 11.7. The number of nitrogens with zero attached hydrogens (tertiary/aromatic N) is 1. The highest BCUT2D eigenvalue weighted by Gasteiger charge is 2.30. The molecule has 110 valence electrons. The van der Waals surface area contributed by atoms with E-state index in [1.165, 1.54) is 12.1 Å². The van der Waals surface area contributed by atoms with Gasteiger partial charge >= 0.3 is 0 Å². The minimum Gasteiger partial charge on any atom is -0.339 e. The average molecular weight is 296 g/mol. The van der Waals surface area contributed by atoms with Crippen LogP contribution in [0.5, 0.6) is 0 Å². The van der Waals surface area contributed by atoms with Crippen molar-refractivity contribution in [3.63, 3.8) is 0 Å². The number of nitrogens with two attached hydrogens (primary N) is 1. The van der Waals surface area contributed by atoms with Crippen molar-refractivity contribution in [2.45, 2.75) is 37.1 Å². The highest BCUT2D eigenvalue weighted by Crippen LogP contribution is 2.31. The van der Waals surface area contributed by atoms with E-state index in [4.69, 9.17) is 5.14 Å². The fourth-order valence-corrected chi connectivity index (χ4v) is 2.81. The second kappa shape index (κ2) is 5.54. The Hall–Kier alpha value is -1.40. The molecule has 1 aliphatic rings. The molecular weight excluding hydrogens is 276 g/mol. The van der Waals surface area contributed by atoms with E-state index >= 15 is 0 Å². The molecule has 0 spiro atoms. The summed E-state index contributed by atoms with van der Waals surface area (Å²) >= 11 is 0. The predicted molar refractivity (Wildman–Crippen MR) is 76.3 cm³/mol. The zero-order valence-corrected chi connectivity index (χ0v) is 12.6. The summed E-state index contributed by atoms with van der Waals surface area (Å²) in [6, 6.07) is 6.27. The normalized spacial score (nSPS) is 17.4. The van der Waals surface area contributed by atoms with Crippen molar-refractivity contribution in [1.82, 2.24) is 4.90 Å². The van der Waals surface area contributed by atoms with Gasteiger partial charge < -0.3 is 4.90 Å². The number of amides is 1. The first-order chi connectivity index (χ1) is 9.30. The Bertz CT molecular complexity index is 591. The number of hydrogen-bond acceptors (Lipinski definition) is 3. The summed E-state index contributed by atoms with van der Waals surface area (Å²) in [6.07, 6.45) is 3.07. The van der Waals surface area contributed by atoms with Gasteiger partial charge in [-0.2, -0.15) is 0 Å². The second-order valence-electron chi connectivity index (χ2n) is 5.37. The molecule has 1 aromatic rings. The van der Waals surface area contributed by atoms with Crippen LogP contribution in [-0.2, 0) is 14.8 Å². The van der Waals surface area contributed by atoms with Gasteiger partial charge in [-0.15, -0.1) is 0 Å². The Morgan fingerprint density at radius 1 is 1.30 bits per heavy atom. The van der Waals surface area contributed by atoms with Crippen LogP contribution in [0.1, 0.15) is 37.8 Å². The molecule has 1 atom stereocenters. The maximum absolute atomic E-state index is 12.2. The Labute approximate surface area is 119 Å². The molecule has 0 aromatic heterocycles. The minimum atomic E-state index is -3.67. The van der Waals surface area contributed by atoms with E-state index in [0.29, 0.717) is 0 Å². The lowest BCUT2D eigenvalue weighted by Gasteiger charge is -2.33. The van der Waals surface area contributed by atoms with E-state index in [1.807, 2.05) is 6.92 Å². The van der Waals surface area contributed by atoms with Crippen molar-refractivity contribution >= 4 is 15.9 Å². The van der Waals surface area contributed by atoms with Crippen molar-refractivity contribution in [2.75, 3.05) is 7.05 Å². The van der Waals surface area contributed by atoms with Gasteiger partial charge in [0.25, 0.3) is 0 Å². The number of sulfonamides is 1. The highest BCUT2D eigenvalue weighted by molar-refractivity contribution is 7.89. The molecule has 1 aliphatic carbocycles. The standard InChI is InChI=1S/C14H20N2O3S/c1-10(16(2)14(17)12-4-3-5-12)11-6-8-13(9-7-11)20(15,18)19/h6-10,12H,3-5H2,1-2H3,(H2,15,18,19)/t10-/m1/s1. The van der Waals surface area contributed by atoms with Crippen molar-refractivity contribution < 1.29 is 13.2 Å². The average Bonchev–Trinajstić information content (AvgIpc) is 2.34. The van der Waals surface area contributed by atoms with Crippen molar-refractivity contribution in [2.24, 2.45) is 11.1 Å². The van der Waals surface area contributed by atoms with Gasteiger partial charge in [0.1, 0.15) is 0 Å². The monoisotopic (exact) mass is 296 g/mol. The number of hydrogen-bond donors (Lipinski definition) is 1. The van der Waals surface area contributed by atoms with Crippen LogP contribution in [0.3, 0.4) is 0 Å². The summed E-state index contributed by atoms with van der Waals surface area (Å²) in [7, 11) is -1.88. The quantitative estimate of drug-likeness (QED) is 0.917. The van der Waals surface area contributed by atoms with Crippen LogP contribution in [-0.4, -0.2) is 26.3 Å². The highest BCUT2D eigenvalue weighted by atomic mass is 32.2. The van der Waals surface area contributed by atoms with E-state index in [2.05, 4.69) is 0 Å². The summed E-state index contributed by atoms with van der Waals surface area (Å²) in [5.41, 5.74) is 0.896. The van der Waals surface area contributed by atoms with Gasteiger partial charge in [-0.05, 0) is 37.5 Å². The molecule has 2 rings (SSSR count). The molecule has 1 saturated carbocycles. The lowest BCUT2D eigenvalue weighted by molar-refractivity contribution is -0.138. The van der Waals surface area contributed by atoms with Crippen molar-refractivity contribution in [3.05, 3.63) is 29.8 Å². The fraction of sp³-hybridized carbons (Fsp3) is 0.500. The molecule has 0 unspecified atom stereocenters.